The van der Waals surface area contributed by atoms with Crippen molar-refractivity contribution in [2.24, 2.45) is 17.6 Å². The lowest BCUT2D eigenvalue weighted by atomic mass is 9.94. The van der Waals surface area contributed by atoms with Crippen LogP contribution in [-0.4, -0.2) is 19.0 Å². The Morgan fingerprint density at radius 3 is 2.47 bits per heavy atom. The Hall–Kier alpha value is -0.830. The zero-order valence-electron chi connectivity index (χ0n) is 10.2. The summed E-state index contributed by atoms with van der Waals surface area (Å²) in [5, 5.41) is 2.83. The number of carbonyl (C=O) groups excluding carboxylic acids is 1. The molecule has 0 aliphatic carbocycles. The quantitative estimate of drug-likeness (QED) is 0.631. The van der Waals surface area contributed by atoms with Crippen LogP contribution in [0.2, 0.25) is 0 Å². The summed E-state index contributed by atoms with van der Waals surface area (Å²) in [4.78, 5) is 11.5. The maximum Gasteiger partial charge on any atom is 0.220 e. The molecule has 15 heavy (non-hydrogen) atoms. The van der Waals surface area contributed by atoms with Crippen LogP contribution in [0.25, 0.3) is 0 Å². The molecule has 0 radical (unpaired) electrons. The van der Waals surface area contributed by atoms with E-state index in [4.69, 9.17) is 5.73 Å². The van der Waals surface area contributed by atoms with Crippen LogP contribution >= 0.6 is 0 Å². The van der Waals surface area contributed by atoms with Gasteiger partial charge in [0.05, 0.1) is 0 Å². The molecule has 0 rings (SSSR count). The van der Waals surface area contributed by atoms with Crippen LogP contribution in [0.1, 0.15) is 33.6 Å². The zero-order valence-corrected chi connectivity index (χ0v) is 10.2. The third-order valence-electron chi connectivity index (χ3n) is 2.20. The van der Waals surface area contributed by atoms with E-state index in [1.54, 1.807) is 0 Å². The highest BCUT2D eigenvalue weighted by Gasteiger charge is 2.13. The van der Waals surface area contributed by atoms with Gasteiger partial charge in [-0.05, 0) is 31.7 Å². The van der Waals surface area contributed by atoms with Crippen LogP contribution < -0.4 is 11.1 Å². The minimum atomic E-state index is 0.0779. The fraction of sp³-hybridized carbons (Fsp3) is 0.750. The Bertz CT molecular complexity index is 212. The number of carbonyl (C=O) groups is 1. The Labute approximate surface area is 93.1 Å². The summed E-state index contributed by atoms with van der Waals surface area (Å²) in [5.74, 6) is 0.969. The number of nitrogens with one attached hydrogen (secondary N) is 1. The van der Waals surface area contributed by atoms with Crippen LogP contribution in [0.3, 0.4) is 0 Å². The highest BCUT2D eigenvalue weighted by Crippen LogP contribution is 2.13. The van der Waals surface area contributed by atoms with E-state index >= 15 is 0 Å². The van der Waals surface area contributed by atoms with Crippen molar-refractivity contribution >= 4 is 5.91 Å². The Kier molecular flexibility index (Phi) is 7.05. The van der Waals surface area contributed by atoms with Crippen molar-refractivity contribution in [2.75, 3.05) is 13.1 Å². The van der Waals surface area contributed by atoms with Crippen LogP contribution in [0.4, 0.5) is 0 Å². The first-order chi connectivity index (χ1) is 6.95. The van der Waals surface area contributed by atoms with Gasteiger partial charge >= 0.3 is 0 Å². The monoisotopic (exact) mass is 212 g/mol. The topological polar surface area (TPSA) is 55.1 Å². The van der Waals surface area contributed by atoms with E-state index in [9.17, 15) is 4.79 Å². The summed E-state index contributed by atoms with van der Waals surface area (Å²) < 4.78 is 0. The number of hydrogen-bond donors (Lipinski definition) is 2. The smallest absolute Gasteiger partial charge is 0.220 e. The third-order valence-corrected chi connectivity index (χ3v) is 2.20. The number of amides is 1. The molecular formula is C12H24N2O. The molecule has 0 aliphatic heterocycles. The minimum Gasteiger partial charge on any atom is -0.352 e. The van der Waals surface area contributed by atoms with Gasteiger partial charge in [0.15, 0.2) is 0 Å². The van der Waals surface area contributed by atoms with Gasteiger partial charge in [0.2, 0.25) is 5.91 Å². The Morgan fingerprint density at radius 1 is 1.47 bits per heavy atom. The predicted molar refractivity (Wildman–Crippen MR) is 64.4 cm³/mol. The summed E-state index contributed by atoms with van der Waals surface area (Å²) in [6.45, 7) is 11.1. The molecule has 3 nitrogen and oxygen atoms in total. The molecule has 1 unspecified atom stereocenters. The molecule has 0 aromatic rings. The molecular weight excluding hydrogens is 188 g/mol. The summed E-state index contributed by atoms with van der Waals surface area (Å²) in [7, 11) is 0. The van der Waals surface area contributed by atoms with Crippen molar-refractivity contribution in [1.29, 1.82) is 0 Å². The van der Waals surface area contributed by atoms with Crippen molar-refractivity contribution in [3.8, 4) is 0 Å². The van der Waals surface area contributed by atoms with Gasteiger partial charge in [0.25, 0.3) is 0 Å². The molecule has 0 spiro atoms. The van der Waals surface area contributed by atoms with Gasteiger partial charge in [-0.3, -0.25) is 4.79 Å². The molecule has 0 bridgehead atoms. The van der Waals surface area contributed by atoms with E-state index in [1.807, 2.05) is 6.92 Å². The zero-order chi connectivity index (χ0) is 11.8. The van der Waals surface area contributed by atoms with Crippen molar-refractivity contribution in [1.82, 2.24) is 5.32 Å². The molecule has 3 N–H and O–H groups in total. The average molecular weight is 212 g/mol. The Balaban J connectivity index is 3.85. The molecule has 0 aromatic heterocycles. The molecule has 0 aromatic carbocycles. The van der Waals surface area contributed by atoms with Gasteiger partial charge in [-0.1, -0.05) is 26.0 Å². The molecule has 1 atom stereocenters. The van der Waals surface area contributed by atoms with Crippen molar-refractivity contribution in [3.63, 3.8) is 0 Å². The van der Waals surface area contributed by atoms with E-state index in [0.717, 1.165) is 12.0 Å². The maximum atomic E-state index is 11.5. The lowest BCUT2D eigenvalue weighted by Crippen LogP contribution is -2.29. The van der Waals surface area contributed by atoms with Gasteiger partial charge in [0, 0.05) is 13.0 Å². The van der Waals surface area contributed by atoms with Gasteiger partial charge in [-0.2, -0.15) is 0 Å². The van der Waals surface area contributed by atoms with E-state index < -0.39 is 0 Å². The van der Waals surface area contributed by atoms with Crippen LogP contribution in [0, 0.1) is 11.8 Å². The maximum absolute atomic E-state index is 11.5. The minimum absolute atomic E-state index is 0.0779. The highest BCUT2D eigenvalue weighted by molar-refractivity contribution is 5.76. The van der Waals surface area contributed by atoms with Gasteiger partial charge < -0.3 is 11.1 Å². The van der Waals surface area contributed by atoms with E-state index in [-0.39, 0.29) is 5.91 Å². The largest absolute Gasteiger partial charge is 0.352 e. The van der Waals surface area contributed by atoms with Crippen molar-refractivity contribution in [2.45, 2.75) is 33.6 Å². The SMILES string of the molecule is C=C(C)CNC(=O)CC(CN)CC(C)C. The van der Waals surface area contributed by atoms with Crippen LogP contribution in [-0.2, 0) is 4.79 Å². The second-order valence-electron chi connectivity index (χ2n) is 4.67. The van der Waals surface area contributed by atoms with Crippen LogP contribution in [0.15, 0.2) is 12.2 Å². The number of rotatable bonds is 7. The molecule has 0 aliphatic rings. The fourth-order valence-electron chi connectivity index (χ4n) is 1.51. The van der Waals surface area contributed by atoms with E-state index in [0.29, 0.717) is 31.3 Å². The lowest BCUT2D eigenvalue weighted by Gasteiger charge is -2.16. The molecule has 3 heteroatoms. The molecule has 0 fully saturated rings. The van der Waals surface area contributed by atoms with Crippen molar-refractivity contribution < 1.29 is 4.79 Å². The Morgan fingerprint density at radius 2 is 2.07 bits per heavy atom. The molecule has 0 saturated heterocycles. The second kappa shape index (κ2) is 7.46. The van der Waals surface area contributed by atoms with Gasteiger partial charge in [-0.15, -0.1) is 0 Å². The number of hydrogen-bond acceptors (Lipinski definition) is 2. The normalized spacial score (nSPS) is 12.6. The van der Waals surface area contributed by atoms with Gasteiger partial charge in [0.1, 0.15) is 0 Å². The first-order valence-electron chi connectivity index (χ1n) is 5.56. The second-order valence-corrected chi connectivity index (χ2v) is 4.67. The van der Waals surface area contributed by atoms with E-state index in [1.165, 1.54) is 0 Å². The van der Waals surface area contributed by atoms with E-state index in [2.05, 4.69) is 25.7 Å². The molecule has 0 saturated carbocycles. The summed E-state index contributed by atoms with van der Waals surface area (Å²) in [6.07, 6.45) is 1.54. The summed E-state index contributed by atoms with van der Waals surface area (Å²) >= 11 is 0. The third kappa shape index (κ3) is 8.18. The first-order valence-corrected chi connectivity index (χ1v) is 5.56. The predicted octanol–water partition coefficient (Wildman–Crippen LogP) is 1.69. The molecule has 88 valence electrons. The summed E-state index contributed by atoms with van der Waals surface area (Å²) in [5.41, 5.74) is 6.60. The molecule has 1 amide bonds. The standard InChI is InChI=1S/C12H24N2O/c1-9(2)5-11(7-13)6-12(15)14-8-10(3)4/h9,11H,3,5-8,13H2,1-2,4H3,(H,14,15). The van der Waals surface area contributed by atoms with Crippen LogP contribution in [0.5, 0.6) is 0 Å². The van der Waals surface area contributed by atoms with Gasteiger partial charge in [-0.25, -0.2) is 0 Å². The number of nitrogens with two attached hydrogens (primary N) is 1. The first kappa shape index (κ1) is 14.2. The molecule has 0 heterocycles. The fourth-order valence-corrected chi connectivity index (χ4v) is 1.51. The lowest BCUT2D eigenvalue weighted by molar-refractivity contribution is -0.121. The summed E-state index contributed by atoms with van der Waals surface area (Å²) in [6, 6.07) is 0. The average Bonchev–Trinajstić information content (AvgIpc) is 2.13. The van der Waals surface area contributed by atoms with Crippen molar-refractivity contribution in [3.05, 3.63) is 12.2 Å². The highest BCUT2D eigenvalue weighted by atomic mass is 16.1.